The molecule has 1 aliphatic rings. The predicted molar refractivity (Wildman–Crippen MR) is 76.5 cm³/mol. The van der Waals surface area contributed by atoms with Crippen molar-refractivity contribution in [2.45, 2.75) is 31.0 Å². The highest BCUT2D eigenvalue weighted by molar-refractivity contribution is 7.89. The molecule has 0 N–H and O–H groups in total. The van der Waals surface area contributed by atoms with Crippen LogP contribution in [-0.4, -0.2) is 51.1 Å². The molecule has 0 bridgehead atoms. The van der Waals surface area contributed by atoms with Crippen molar-refractivity contribution in [2.24, 2.45) is 0 Å². The maximum Gasteiger partial charge on any atom is 0.337 e. The molecule has 122 valence electrons. The molecule has 0 saturated carbocycles. The summed E-state index contributed by atoms with van der Waals surface area (Å²) in [6.45, 7) is 3.77. The van der Waals surface area contributed by atoms with Crippen LogP contribution in [0.2, 0.25) is 0 Å². The zero-order valence-corrected chi connectivity index (χ0v) is 13.4. The fraction of sp³-hybridized carbons (Fsp3) is 0.500. The third-order valence-corrected chi connectivity index (χ3v) is 5.20. The first-order chi connectivity index (χ1) is 10.3. The van der Waals surface area contributed by atoms with Crippen molar-refractivity contribution in [3.8, 4) is 0 Å². The van der Waals surface area contributed by atoms with E-state index in [2.05, 4.69) is 4.74 Å². The molecule has 1 fully saturated rings. The fourth-order valence-corrected chi connectivity index (χ4v) is 4.09. The minimum atomic E-state index is -4.05. The van der Waals surface area contributed by atoms with Gasteiger partial charge in [-0.25, -0.2) is 17.6 Å². The summed E-state index contributed by atoms with van der Waals surface area (Å²) in [5, 5.41) is 0. The van der Waals surface area contributed by atoms with Crippen LogP contribution in [0.15, 0.2) is 23.1 Å². The van der Waals surface area contributed by atoms with Crippen LogP contribution in [0.4, 0.5) is 4.39 Å². The largest absolute Gasteiger partial charge is 0.465 e. The third-order valence-electron chi connectivity index (χ3n) is 3.36. The number of halogens is 1. The van der Waals surface area contributed by atoms with Crippen LogP contribution in [0.25, 0.3) is 0 Å². The molecule has 0 radical (unpaired) electrons. The van der Waals surface area contributed by atoms with E-state index in [1.807, 2.05) is 0 Å². The highest BCUT2D eigenvalue weighted by Crippen LogP contribution is 2.24. The SMILES string of the molecule is COC(=O)c1ccc(F)c(S(=O)(=O)N2C[C@@H](C)O[C@H](C)C2)c1. The van der Waals surface area contributed by atoms with Gasteiger partial charge < -0.3 is 9.47 Å². The molecule has 1 aliphatic heterocycles. The standard InChI is InChI=1S/C14H18FNO5S/c1-9-7-16(8-10(2)21-9)22(18,19)13-6-11(14(17)20-3)4-5-12(13)15/h4-6,9-10H,7-8H2,1-3H3/t9-,10-/m1/s1. The van der Waals surface area contributed by atoms with E-state index < -0.39 is 26.7 Å². The van der Waals surface area contributed by atoms with Crippen molar-refractivity contribution in [2.75, 3.05) is 20.2 Å². The van der Waals surface area contributed by atoms with Gasteiger partial charge in [-0.3, -0.25) is 0 Å². The number of hydrogen-bond acceptors (Lipinski definition) is 5. The number of rotatable bonds is 3. The van der Waals surface area contributed by atoms with Crippen LogP contribution in [0.1, 0.15) is 24.2 Å². The summed E-state index contributed by atoms with van der Waals surface area (Å²) in [4.78, 5) is 11.0. The van der Waals surface area contributed by atoms with Crippen molar-refractivity contribution in [3.05, 3.63) is 29.6 Å². The van der Waals surface area contributed by atoms with E-state index in [0.29, 0.717) is 0 Å². The van der Waals surface area contributed by atoms with Crippen LogP contribution >= 0.6 is 0 Å². The third kappa shape index (κ3) is 3.29. The van der Waals surface area contributed by atoms with E-state index in [-0.39, 0.29) is 30.9 Å². The van der Waals surface area contributed by atoms with Gasteiger partial charge in [0.25, 0.3) is 0 Å². The van der Waals surface area contributed by atoms with Gasteiger partial charge in [0.15, 0.2) is 0 Å². The second-order valence-corrected chi connectivity index (χ2v) is 7.12. The molecular formula is C14H18FNO5S. The Kier molecular flexibility index (Phi) is 4.84. The first kappa shape index (κ1) is 16.9. The molecule has 2 rings (SSSR count). The van der Waals surface area contributed by atoms with Crippen LogP contribution in [0.3, 0.4) is 0 Å². The first-order valence-corrected chi connectivity index (χ1v) is 8.23. The number of methoxy groups -OCH3 is 1. The molecule has 0 aromatic heterocycles. The number of ether oxygens (including phenoxy) is 2. The van der Waals surface area contributed by atoms with Crippen molar-refractivity contribution >= 4 is 16.0 Å². The maximum absolute atomic E-state index is 14.0. The number of carbonyl (C=O) groups excluding carboxylic acids is 1. The summed E-state index contributed by atoms with van der Waals surface area (Å²) in [5.74, 6) is -1.63. The molecule has 2 atom stereocenters. The Morgan fingerprint density at radius 1 is 1.32 bits per heavy atom. The van der Waals surface area contributed by atoms with Crippen molar-refractivity contribution in [1.82, 2.24) is 4.31 Å². The molecule has 1 aromatic rings. The lowest BCUT2D eigenvalue weighted by Gasteiger charge is -2.34. The average Bonchev–Trinajstić information content (AvgIpc) is 2.45. The monoisotopic (exact) mass is 331 g/mol. The van der Waals surface area contributed by atoms with Crippen molar-refractivity contribution < 1.29 is 27.1 Å². The molecule has 1 heterocycles. The topological polar surface area (TPSA) is 72.9 Å². The second kappa shape index (κ2) is 6.31. The normalized spacial score (nSPS) is 23.3. The number of benzene rings is 1. The lowest BCUT2D eigenvalue weighted by atomic mass is 10.2. The van der Waals surface area contributed by atoms with Crippen LogP contribution in [0, 0.1) is 5.82 Å². The Balaban J connectivity index is 2.42. The Labute approximate surface area is 128 Å². The molecule has 0 aliphatic carbocycles. The molecule has 1 saturated heterocycles. The van der Waals surface area contributed by atoms with Crippen LogP contribution in [0.5, 0.6) is 0 Å². The summed E-state index contributed by atoms with van der Waals surface area (Å²) in [6, 6.07) is 3.14. The number of hydrogen-bond donors (Lipinski definition) is 0. The fourth-order valence-electron chi connectivity index (χ4n) is 2.41. The van der Waals surface area contributed by atoms with E-state index in [9.17, 15) is 17.6 Å². The zero-order chi connectivity index (χ0) is 16.5. The zero-order valence-electron chi connectivity index (χ0n) is 12.6. The minimum absolute atomic E-state index is 0.0168. The van der Waals surface area contributed by atoms with Gasteiger partial charge >= 0.3 is 5.97 Å². The van der Waals surface area contributed by atoms with Gasteiger partial charge in [0, 0.05) is 13.1 Å². The van der Waals surface area contributed by atoms with E-state index in [1.165, 1.54) is 17.5 Å². The van der Waals surface area contributed by atoms with Gasteiger partial charge in [-0.05, 0) is 32.0 Å². The lowest BCUT2D eigenvalue weighted by Crippen LogP contribution is -2.48. The highest BCUT2D eigenvalue weighted by Gasteiger charge is 2.34. The van der Waals surface area contributed by atoms with Gasteiger partial charge in [0.2, 0.25) is 10.0 Å². The number of carbonyl (C=O) groups is 1. The van der Waals surface area contributed by atoms with E-state index in [4.69, 9.17) is 4.74 Å². The van der Waals surface area contributed by atoms with Gasteiger partial charge in [0.1, 0.15) is 10.7 Å². The molecule has 22 heavy (non-hydrogen) atoms. The lowest BCUT2D eigenvalue weighted by molar-refractivity contribution is -0.0441. The number of sulfonamides is 1. The second-order valence-electron chi connectivity index (χ2n) is 5.22. The molecular weight excluding hydrogens is 313 g/mol. The summed E-state index contributed by atoms with van der Waals surface area (Å²) in [7, 11) is -2.88. The minimum Gasteiger partial charge on any atom is -0.465 e. The number of morpholine rings is 1. The van der Waals surface area contributed by atoms with E-state index in [0.717, 1.165) is 12.1 Å². The van der Waals surface area contributed by atoms with Crippen molar-refractivity contribution in [1.29, 1.82) is 0 Å². The first-order valence-electron chi connectivity index (χ1n) is 6.79. The van der Waals surface area contributed by atoms with Crippen LogP contribution in [-0.2, 0) is 19.5 Å². The molecule has 0 amide bonds. The highest BCUT2D eigenvalue weighted by atomic mass is 32.2. The Bertz CT molecular complexity index is 666. The predicted octanol–water partition coefficient (Wildman–Crippen LogP) is 1.41. The van der Waals surface area contributed by atoms with Crippen molar-refractivity contribution in [3.63, 3.8) is 0 Å². The molecule has 8 heteroatoms. The van der Waals surface area contributed by atoms with Gasteiger partial charge in [0.05, 0.1) is 24.9 Å². The van der Waals surface area contributed by atoms with Crippen LogP contribution < -0.4 is 0 Å². The molecule has 0 unspecified atom stereocenters. The quantitative estimate of drug-likeness (QED) is 0.783. The molecule has 6 nitrogen and oxygen atoms in total. The Hall–Kier alpha value is -1.51. The van der Waals surface area contributed by atoms with Gasteiger partial charge in [-0.15, -0.1) is 0 Å². The summed E-state index contributed by atoms with van der Waals surface area (Å²) in [5.41, 5.74) is -0.0168. The molecule has 1 aromatic carbocycles. The Morgan fingerprint density at radius 2 is 1.91 bits per heavy atom. The van der Waals surface area contributed by atoms with E-state index >= 15 is 0 Å². The Morgan fingerprint density at radius 3 is 2.45 bits per heavy atom. The van der Waals surface area contributed by atoms with Gasteiger partial charge in [-0.1, -0.05) is 0 Å². The molecule has 0 spiro atoms. The number of nitrogens with zero attached hydrogens (tertiary/aromatic N) is 1. The van der Waals surface area contributed by atoms with E-state index in [1.54, 1.807) is 13.8 Å². The maximum atomic E-state index is 14.0. The van der Waals surface area contributed by atoms with Gasteiger partial charge in [-0.2, -0.15) is 4.31 Å². The summed E-state index contributed by atoms with van der Waals surface area (Å²) < 4.78 is 50.5. The number of esters is 1. The smallest absolute Gasteiger partial charge is 0.337 e. The summed E-state index contributed by atoms with van der Waals surface area (Å²) in [6.07, 6.45) is -0.573. The summed E-state index contributed by atoms with van der Waals surface area (Å²) >= 11 is 0. The average molecular weight is 331 g/mol.